The highest BCUT2D eigenvalue weighted by molar-refractivity contribution is 6.21. The van der Waals surface area contributed by atoms with E-state index in [1.807, 2.05) is 54.9 Å². The molecular formula is C91H55N9. The summed E-state index contributed by atoms with van der Waals surface area (Å²) in [6.45, 7) is 0. The summed E-state index contributed by atoms with van der Waals surface area (Å²) < 4.78 is 0. The van der Waals surface area contributed by atoms with Gasteiger partial charge in [0, 0.05) is 90.1 Å². The van der Waals surface area contributed by atoms with E-state index in [0.717, 1.165) is 155 Å². The standard InChI is InChI=1S/C47H29N5.C44H26N4/c1-2-12-35-31(10-1)11-9-14-36(35)45-37-13-3-4-15-40(37)52-47-38(45)24-22-33-23-25-39(51-46(33)47)32-20-18-30(19-21-32)34-28-43(41-16-5-7-26-48-41)50-44(29-34)42-17-6-8-27-49-42;1-2-10-32-27(7-1)8-5-12-34(32)40-36-11-3-4-13-39(36)48-44-37(40)22-19-31-20-23-38(47-42(31)44)29-16-14-28(15-17-29)33-24-26-46-43-35(33)21-18-30-9-6-25-45-41(30)43/h1-29H;1-26H. The third-order valence-corrected chi connectivity index (χ3v) is 19.3. The summed E-state index contributed by atoms with van der Waals surface area (Å²) in [5.74, 6) is 0. The molecule has 9 heterocycles. The van der Waals surface area contributed by atoms with Crippen LogP contribution in [0.5, 0.6) is 0 Å². The zero-order valence-corrected chi connectivity index (χ0v) is 53.8. The second-order valence-corrected chi connectivity index (χ2v) is 25.1. The molecule has 0 bridgehead atoms. The molecular weight excluding hydrogens is 1220 g/mol. The smallest absolute Gasteiger partial charge is 0.0978 e. The molecule has 9 aromatic heterocycles. The van der Waals surface area contributed by atoms with Crippen LogP contribution in [-0.4, -0.2) is 44.9 Å². The van der Waals surface area contributed by atoms with Crippen LogP contribution in [0.25, 0.3) is 199 Å². The predicted octanol–water partition coefficient (Wildman–Crippen LogP) is 22.8. The summed E-state index contributed by atoms with van der Waals surface area (Å²) in [5, 5.41) is 13.6. The number of nitrogens with zero attached hydrogens (tertiary/aromatic N) is 9. The van der Waals surface area contributed by atoms with Gasteiger partial charge in [0.1, 0.15) is 0 Å². The van der Waals surface area contributed by atoms with Gasteiger partial charge in [0.25, 0.3) is 0 Å². The van der Waals surface area contributed by atoms with Gasteiger partial charge < -0.3 is 0 Å². The van der Waals surface area contributed by atoms with Crippen LogP contribution >= 0.6 is 0 Å². The highest BCUT2D eigenvalue weighted by Crippen LogP contribution is 2.44. The minimum Gasteiger partial charge on any atom is -0.255 e. The highest BCUT2D eigenvalue weighted by atomic mass is 14.8. The zero-order valence-electron chi connectivity index (χ0n) is 53.8. The first kappa shape index (κ1) is 57.8. The van der Waals surface area contributed by atoms with Gasteiger partial charge in [-0.2, -0.15) is 0 Å². The molecule has 0 atom stereocenters. The number of fused-ring (bicyclic) bond motifs is 13. The minimum atomic E-state index is 0.800. The van der Waals surface area contributed by atoms with Gasteiger partial charge in [0.05, 0.1) is 78.3 Å². The number of benzene rings is 11. The molecule has 20 rings (SSSR count). The largest absolute Gasteiger partial charge is 0.255 e. The molecule has 0 aliphatic rings. The maximum atomic E-state index is 5.30. The molecule has 0 unspecified atom stereocenters. The molecule has 20 aromatic rings. The van der Waals surface area contributed by atoms with Crippen molar-refractivity contribution in [2.24, 2.45) is 0 Å². The summed E-state index contributed by atoms with van der Waals surface area (Å²) in [6, 6.07) is 108. The number of hydrogen-bond acceptors (Lipinski definition) is 9. The second-order valence-electron chi connectivity index (χ2n) is 25.1. The summed E-state index contributed by atoms with van der Waals surface area (Å²) in [6.07, 6.45) is 7.29. The number of aromatic nitrogens is 9. The van der Waals surface area contributed by atoms with Gasteiger partial charge in [0.2, 0.25) is 0 Å². The first-order chi connectivity index (χ1) is 49.6. The van der Waals surface area contributed by atoms with Crippen molar-refractivity contribution in [3.05, 3.63) is 334 Å². The lowest BCUT2D eigenvalue weighted by atomic mass is 9.91. The van der Waals surface area contributed by atoms with Gasteiger partial charge in [-0.1, -0.05) is 237 Å². The van der Waals surface area contributed by atoms with Crippen LogP contribution in [0.4, 0.5) is 0 Å². The van der Waals surface area contributed by atoms with E-state index in [0.29, 0.717) is 0 Å². The topological polar surface area (TPSA) is 116 Å². The Kier molecular flexibility index (Phi) is 14.0. The Morgan fingerprint density at radius 1 is 0.170 bits per heavy atom. The molecule has 0 saturated carbocycles. The maximum Gasteiger partial charge on any atom is 0.0978 e. The number of rotatable bonds is 8. The predicted molar refractivity (Wildman–Crippen MR) is 412 cm³/mol. The van der Waals surface area contributed by atoms with E-state index in [2.05, 4.69) is 282 Å². The minimum absolute atomic E-state index is 0.800. The molecule has 11 aromatic carbocycles. The average molecular weight is 1270 g/mol. The van der Waals surface area contributed by atoms with Crippen LogP contribution in [-0.2, 0) is 0 Å². The van der Waals surface area contributed by atoms with Crippen molar-refractivity contribution in [1.82, 2.24) is 44.9 Å². The lowest BCUT2D eigenvalue weighted by Gasteiger charge is -2.15. The number of pyridine rings is 9. The SMILES string of the molecule is c1ccc(-c2cc(-c3ccc(-c4ccc5ccc6c(-c7cccc8ccccc78)c7ccccc7nc6c5n4)cc3)cc(-c3ccccn3)n2)nc1.c1ccc2c(-c3c4ccccc4nc4c3ccc3ccc(-c5ccc(-c6ccnc7c6ccc6cccnc67)cc5)nc34)cccc2c1. The Balaban J connectivity index is 0.000000140. The summed E-state index contributed by atoms with van der Waals surface area (Å²) in [4.78, 5) is 44.5. The first-order valence-electron chi connectivity index (χ1n) is 33.5. The fourth-order valence-corrected chi connectivity index (χ4v) is 14.5. The van der Waals surface area contributed by atoms with Gasteiger partial charge in [0.15, 0.2) is 0 Å². The lowest BCUT2D eigenvalue weighted by molar-refractivity contribution is 1.22. The molecule has 0 radical (unpaired) electrons. The van der Waals surface area contributed by atoms with Crippen LogP contribution in [0, 0.1) is 0 Å². The van der Waals surface area contributed by atoms with E-state index in [1.165, 1.54) is 43.8 Å². The zero-order chi connectivity index (χ0) is 66.0. The van der Waals surface area contributed by atoms with Crippen LogP contribution < -0.4 is 0 Å². The summed E-state index contributed by atoms with van der Waals surface area (Å²) in [7, 11) is 0. The van der Waals surface area contributed by atoms with Gasteiger partial charge in [-0.25, -0.2) is 24.9 Å². The van der Waals surface area contributed by atoms with Crippen molar-refractivity contribution < 1.29 is 0 Å². The Hall–Kier alpha value is -13.6. The third-order valence-electron chi connectivity index (χ3n) is 19.3. The second kappa shape index (κ2) is 24.2. The van der Waals surface area contributed by atoms with Crippen LogP contribution in [0.15, 0.2) is 334 Å². The van der Waals surface area contributed by atoms with E-state index < -0.39 is 0 Å². The Labute approximate surface area is 574 Å². The van der Waals surface area contributed by atoms with Crippen LogP contribution in [0.3, 0.4) is 0 Å². The molecule has 9 heteroatoms. The van der Waals surface area contributed by atoms with Gasteiger partial charge >= 0.3 is 0 Å². The van der Waals surface area contributed by atoms with Crippen molar-refractivity contribution in [2.75, 3.05) is 0 Å². The Bertz CT molecular complexity index is 6580. The fraction of sp³-hybridized carbons (Fsp3) is 0. The quantitative estimate of drug-likeness (QED) is 0.108. The average Bonchev–Trinajstić information content (AvgIpc) is 0.725. The van der Waals surface area contributed by atoms with Gasteiger partial charge in [-0.3, -0.25) is 19.9 Å². The Morgan fingerprint density at radius 3 is 1.14 bits per heavy atom. The van der Waals surface area contributed by atoms with E-state index in [9.17, 15) is 0 Å². The van der Waals surface area contributed by atoms with Crippen molar-refractivity contribution >= 4 is 109 Å². The van der Waals surface area contributed by atoms with E-state index in [1.54, 1.807) is 12.4 Å². The molecule has 100 heavy (non-hydrogen) atoms. The molecule has 464 valence electrons. The first-order valence-corrected chi connectivity index (χ1v) is 33.5. The van der Waals surface area contributed by atoms with E-state index in [-0.39, 0.29) is 0 Å². The van der Waals surface area contributed by atoms with Crippen molar-refractivity contribution in [3.8, 4) is 89.8 Å². The summed E-state index contributed by atoms with van der Waals surface area (Å²) >= 11 is 0. The molecule has 0 N–H and O–H groups in total. The van der Waals surface area contributed by atoms with E-state index >= 15 is 0 Å². The van der Waals surface area contributed by atoms with Crippen molar-refractivity contribution in [1.29, 1.82) is 0 Å². The fourth-order valence-electron chi connectivity index (χ4n) is 14.5. The van der Waals surface area contributed by atoms with Gasteiger partial charge in [-0.15, -0.1) is 0 Å². The molecule has 0 fully saturated rings. The number of para-hydroxylation sites is 2. The summed E-state index contributed by atoms with van der Waals surface area (Å²) in [5.41, 5.74) is 23.6. The Morgan fingerprint density at radius 2 is 0.600 bits per heavy atom. The molecule has 0 spiro atoms. The molecule has 0 aliphatic heterocycles. The molecule has 0 aliphatic carbocycles. The normalized spacial score (nSPS) is 11.6. The van der Waals surface area contributed by atoms with Crippen LogP contribution in [0.2, 0.25) is 0 Å². The van der Waals surface area contributed by atoms with Crippen LogP contribution in [0.1, 0.15) is 0 Å². The molecule has 0 saturated heterocycles. The van der Waals surface area contributed by atoms with Gasteiger partial charge in [-0.05, 0) is 128 Å². The van der Waals surface area contributed by atoms with E-state index in [4.69, 9.17) is 29.9 Å². The molecule has 0 amide bonds. The third kappa shape index (κ3) is 10.1. The monoisotopic (exact) mass is 1270 g/mol. The lowest BCUT2D eigenvalue weighted by Crippen LogP contribution is -1.94. The maximum absolute atomic E-state index is 5.30. The van der Waals surface area contributed by atoms with Crippen molar-refractivity contribution in [3.63, 3.8) is 0 Å². The number of hydrogen-bond donors (Lipinski definition) is 0. The van der Waals surface area contributed by atoms with Crippen molar-refractivity contribution in [2.45, 2.75) is 0 Å². The highest BCUT2D eigenvalue weighted by Gasteiger charge is 2.20. The molecule has 9 nitrogen and oxygen atoms in total.